The van der Waals surface area contributed by atoms with Gasteiger partial charge >= 0.3 is 0 Å². The monoisotopic (exact) mass is 265 g/mol. The number of carbonyl (C=O) groups is 1. The van der Waals surface area contributed by atoms with Crippen molar-refractivity contribution < 1.29 is 14.6 Å². The van der Waals surface area contributed by atoms with Crippen LogP contribution in [0.15, 0.2) is 30.3 Å². The Hall–Kier alpha value is -1.55. The molecule has 0 saturated carbocycles. The van der Waals surface area contributed by atoms with Gasteiger partial charge in [0.1, 0.15) is 5.75 Å². The Morgan fingerprint density at radius 3 is 2.47 bits per heavy atom. The van der Waals surface area contributed by atoms with Crippen LogP contribution in [0.4, 0.5) is 0 Å². The number of hydrogen-bond acceptors (Lipinski definition) is 3. The van der Waals surface area contributed by atoms with E-state index in [9.17, 15) is 9.90 Å². The van der Waals surface area contributed by atoms with Gasteiger partial charge in [0.05, 0.1) is 18.6 Å². The number of rotatable bonds is 7. The third-order valence-corrected chi connectivity index (χ3v) is 2.64. The average molecular weight is 265 g/mol. The Balaban J connectivity index is 2.37. The second kappa shape index (κ2) is 7.14. The number of amides is 1. The quantitative estimate of drug-likeness (QED) is 0.821. The number of hydrogen-bond donors (Lipinski definition) is 1. The van der Waals surface area contributed by atoms with Crippen LogP contribution in [-0.4, -0.2) is 41.2 Å². The molecule has 1 aromatic rings. The van der Waals surface area contributed by atoms with Gasteiger partial charge in [-0.3, -0.25) is 4.79 Å². The first kappa shape index (κ1) is 15.5. The van der Waals surface area contributed by atoms with Crippen LogP contribution in [0.5, 0.6) is 5.75 Å². The molecule has 0 aliphatic heterocycles. The largest absolute Gasteiger partial charge is 0.493 e. The van der Waals surface area contributed by atoms with Crippen molar-refractivity contribution in [1.82, 2.24) is 4.90 Å². The normalized spacial score (nSPS) is 11.2. The first-order chi connectivity index (χ1) is 8.92. The Labute approximate surface area is 115 Å². The molecular formula is C15H23NO3. The van der Waals surface area contributed by atoms with Crippen molar-refractivity contribution in [3.05, 3.63) is 30.3 Å². The summed E-state index contributed by atoms with van der Waals surface area (Å²) in [6, 6.07) is 9.42. The molecule has 1 N–H and O–H groups in total. The minimum absolute atomic E-state index is 0.000515. The molecule has 19 heavy (non-hydrogen) atoms. The molecular weight excluding hydrogens is 242 g/mol. The van der Waals surface area contributed by atoms with Crippen LogP contribution in [0.3, 0.4) is 0 Å². The standard InChI is InChI=1S/C15H23NO3/c1-4-16(12-15(2,3)18)14(17)10-11-19-13-8-6-5-7-9-13/h5-9,18H,4,10-12H2,1-3H3. The smallest absolute Gasteiger partial charge is 0.226 e. The van der Waals surface area contributed by atoms with E-state index in [-0.39, 0.29) is 5.91 Å². The molecule has 0 fully saturated rings. The summed E-state index contributed by atoms with van der Waals surface area (Å²) in [6.07, 6.45) is 0.318. The SMILES string of the molecule is CCN(CC(C)(C)O)C(=O)CCOc1ccccc1. The first-order valence-electron chi connectivity index (χ1n) is 6.60. The van der Waals surface area contributed by atoms with E-state index in [4.69, 9.17) is 4.74 Å². The summed E-state index contributed by atoms with van der Waals surface area (Å²) in [7, 11) is 0. The van der Waals surface area contributed by atoms with Crippen LogP contribution in [0.1, 0.15) is 27.2 Å². The summed E-state index contributed by atoms with van der Waals surface area (Å²) >= 11 is 0. The van der Waals surface area contributed by atoms with Gasteiger partial charge in [-0.2, -0.15) is 0 Å². The number of benzene rings is 1. The number of aliphatic hydroxyl groups is 1. The second-order valence-corrected chi connectivity index (χ2v) is 5.13. The van der Waals surface area contributed by atoms with E-state index in [1.54, 1.807) is 18.7 Å². The molecule has 4 nitrogen and oxygen atoms in total. The third-order valence-electron chi connectivity index (χ3n) is 2.64. The maximum absolute atomic E-state index is 12.0. The van der Waals surface area contributed by atoms with Gasteiger partial charge in [-0.05, 0) is 32.9 Å². The molecule has 0 spiro atoms. The highest BCUT2D eigenvalue weighted by molar-refractivity contribution is 5.76. The van der Waals surface area contributed by atoms with Crippen molar-refractivity contribution in [3.63, 3.8) is 0 Å². The van der Waals surface area contributed by atoms with Crippen molar-refractivity contribution in [2.75, 3.05) is 19.7 Å². The van der Waals surface area contributed by atoms with Crippen LogP contribution < -0.4 is 4.74 Å². The van der Waals surface area contributed by atoms with E-state index in [0.29, 0.717) is 26.1 Å². The van der Waals surface area contributed by atoms with E-state index in [0.717, 1.165) is 5.75 Å². The molecule has 0 heterocycles. The van der Waals surface area contributed by atoms with Gasteiger partial charge in [0.25, 0.3) is 0 Å². The fourth-order valence-corrected chi connectivity index (χ4v) is 1.77. The van der Waals surface area contributed by atoms with Crippen LogP contribution in [0.2, 0.25) is 0 Å². The average Bonchev–Trinajstić information content (AvgIpc) is 2.36. The van der Waals surface area contributed by atoms with Gasteiger partial charge in [0, 0.05) is 13.1 Å². The number of ether oxygens (including phenoxy) is 1. The lowest BCUT2D eigenvalue weighted by Gasteiger charge is -2.28. The van der Waals surface area contributed by atoms with Gasteiger partial charge in [-0.25, -0.2) is 0 Å². The van der Waals surface area contributed by atoms with Gasteiger partial charge in [0.15, 0.2) is 0 Å². The lowest BCUT2D eigenvalue weighted by Crippen LogP contribution is -2.42. The molecule has 1 amide bonds. The summed E-state index contributed by atoms with van der Waals surface area (Å²) in [5, 5.41) is 9.75. The van der Waals surface area contributed by atoms with E-state index in [2.05, 4.69) is 0 Å². The highest BCUT2D eigenvalue weighted by atomic mass is 16.5. The molecule has 0 radical (unpaired) electrons. The molecule has 4 heteroatoms. The molecule has 1 rings (SSSR count). The van der Waals surface area contributed by atoms with Crippen molar-refractivity contribution in [2.45, 2.75) is 32.8 Å². The number of nitrogens with zero attached hydrogens (tertiary/aromatic N) is 1. The van der Waals surface area contributed by atoms with Gasteiger partial charge in [0.2, 0.25) is 5.91 Å². The van der Waals surface area contributed by atoms with Gasteiger partial charge in [-0.1, -0.05) is 18.2 Å². The number of para-hydroxylation sites is 1. The minimum atomic E-state index is -0.869. The minimum Gasteiger partial charge on any atom is -0.493 e. The maximum atomic E-state index is 12.0. The molecule has 1 aromatic carbocycles. The molecule has 0 aliphatic rings. The zero-order valence-electron chi connectivity index (χ0n) is 11.9. The Kier molecular flexibility index (Phi) is 5.83. The highest BCUT2D eigenvalue weighted by Gasteiger charge is 2.20. The summed E-state index contributed by atoms with van der Waals surface area (Å²) < 4.78 is 5.49. The lowest BCUT2D eigenvalue weighted by atomic mass is 10.1. The van der Waals surface area contributed by atoms with Crippen molar-refractivity contribution in [1.29, 1.82) is 0 Å². The zero-order valence-corrected chi connectivity index (χ0v) is 11.9. The number of carbonyl (C=O) groups excluding carboxylic acids is 1. The van der Waals surface area contributed by atoms with E-state index in [1.807, 2.05) is 37.3 Å². The summed E-state index contributed by atoms with van der Waals surface area (Å²) in [5.41, 5.74) is -0.869. The van der Waals surface area contributed by atoms with Crippen molar-refractivity contribution in [2.24, 2.45) is 0 Å². The van der Waals surface area contributed by atoms with E-state index < -0.39 is 5.60 Å². The van der Waals surface area contributed by atoms with E-state index >= 15 is 0 Å². The molecule has 0 atom stereocenters. The molecule has 0 bridgehead atoms. The molecule has 0 aliphatic carbocycles. The molecule has 106 valence electrons. The predicted molar refractivity (Wildman–Crippen MR) is 75.1 cm³/mol. The van der Waals surface area contributed by atoms with Crippen LogP contribution in [-0.2, 0) is 4.79 Å². The van der Waals surface area contributed by atoms with Gasteiger partial charge < -0.3 is 14.7 Å². The summed E-state index contributed by atoms with van der Waals surface area (Å²) in [6.45, 7) is 6.58. The zero-order chi connectivity index (χ0) is 14.3. The predicted octanol–water partition coefficient (Wildman–Crippen LogP) is 2.07. The van der Waals surface area contributed by atoms with Crippen molar-refractivity contribution >= 4 is 5.91 Å². The third kappa shape index (κ3) is 6.25. The van der Waals surface area contributed by atoms with Gasteiger partial charge in [-0.15, -0.1) is 0 Å². The van der Waals surface area contributed by atoms with Crippen LogP contribution >= 0.6 is 0 Å². The Morgan fingerprint density at radius 1 is 1.32 bits per heavy atom. The fraction of sp³-hybridized carbons (Fsp3) is 0.533. The van der Waals surface area contributed by atoms with E-state index in [1.165, 1.54) is 0 Å². The maximum Gasteiger partial charge on any atom is 0.226 e. The molecule has 0 aromatic heterocycles. The van der Waals surface area contributed by atoms with Crippen LogP contribution in [0.25, 0.3) is 0 Å². The first-order valence-corrected chi connectivity index (χ1v) is 6.60. The molecule has 0 unspecified atom stereocenters. The number of likely N-dealkylation sites (N-methyl/N-ethyl adjacent to an activating group) is 1. The lowest BCUT2D eigenvalue weighted by molar-refractivity contribution is -0.134. The Morgan fingerprint density at radius 2 is 1.95 bits per heavy atom. The second-order valence-electron chi connectivity index (χ2n) is 5.13. The van der Waals surface area contributed by atoms with Crippen molar-refractivity contribution in [3.8, 4) is 5.75 Å². The highest BCUT2D eigenvalue weighted by Crippen LogP contribution is 2.10. The fourth-order valence-electron chi connectivity index (χ4n) is 1.77. The topological polar surface area (TPSA) is 49.8 Å². The van der Waals surface area contributed by atoms with Crippen LogP contribution in [0, 0.1) is 0 Å². The Bertz CT molecular complexity index is 384. The summed E-state index contributed by atoms with van der Waals surface area (Å²) in [4.78, 5) is 13.6. The molecule has 0 saturated heterocycles. The summed E-state index contributed by atoms with van der Waals surface area (Å²) in [5.74, 6) is 0.765.